The van der Waals surface area contributed by atoms with Crippen LogP contribution in [0, 0.1) is 5.41 Å². The fourth-order valence-electron chi connectivity index (χ4n) is 2.06. The van der Waals surface area contributed by atoms with Gasteiger partial charge in [0, 0.05) is 18.5 Å². The molecule has 0 aliphatic heterocycles. The van der Waals surface area contributed by atoms with Gasteiger partial charge in [0.05, 0.1) is 0 Å². The predicted molar refractivity (Wildman–Crippen MR) is 93.4 cm³/mol. The molecule has 1 amide bonds. The minimum atomic E-state index is -0.294. The molecule has 0 N–H and O–H groups in total. The van der Waals surface area contributed by atoms with E-state index < -0.39 is 0 Å². The van der Waals surface area contributed by atoms with Gasteiger partial charge in [0.25, 0.3) is 0 Å². The quantitative estimate of drug-likeness (QED) is 0.552. The summed E-state index contributed by atoms with van der Waals surface area (Å²) < 4.78 is 0. The Bertz CT molecular complexity index is 368. The van der Waals surface area contributed by atoms with E-state index in [1.165, 1.54) is 11.1 Å². The number of rotatable bonds is 8. The maximum Gasteiger partial charge on any atom is 0.228 e. The van der Waals surface area contributed by atoms with E-state index in [4.69, 9.17) is 0 Å². The van der Waals surface area contributed by atoms with E-state index in [0.29, 0.717) is 0 Å². The lowest BCUT2D eigenvalue weighted by Gasteiger charge is -2.29. The fraction of sp³-hybridized carbons (Fsp3) is 0.737. The first-order valence-corrected chi connectivity index (χ1v) is 8.26. The zero-order chi connectivity index (χ0) is 16.5. The van der Waals surface area contributed by atoms with Crippen molar-refractivity contribution in [3.63, 3.8) is 0 Å². The Kier molecular flexibility index (Phi) is 9.32. The summed E-state index contributed by atoms with van der Waals surface area (Å²) in [5.74, 6) is 0.254. The van der Waals surface area contributed by atoms with Gasteiger partial charge in [-0.3, -0.25) is 4.79 Å². The van der Waals surface area contributed by atoms with Crippen molar-refractivity contribution in [2.45, 2.75) is 74.1 Å². The van der Waals surface area contributed by atoms with Crippen LogP contribution in [0.2, 0.25) is 0 Å². The van der Waals surface area contributed by atoms with Gasteiger partial charge in [0.2, 0.25) is 5.91 Å². The highest BCUT2D eigenvalue weighted by atomic mass is 16.2. The fourth-order valence-corrected chi connectivity index (χ4v) is 2.06. The van der Waals surface area contributed by atoms with Gasteiger partial charge in [-0.25, -0.2) is 0 Å². The van der Waals surface area contributed by atoms with Crippen LogP contribution in [0.1, 0.15) is 74.1 Å². The molecule has 0 spiro atoms. The maximum atomic E-state index is 12.5. The van der Waals surface area contributed by atoms with E-state index >= 15 is 0 Å². The molecule has 21 heavy (non-hydrogen) atoms. The Balaban J connectivity index is 4.59. The number of unbranched alkanes of at least 4 members (excludes halogenated alkanes) is 1. The predicted octanol–water partition coefficient (Wildman–Crippen LogP) is 5.35. The average molecular weight is 293 g/mol. The van der Waals surface area contributed by atoms with Gasteiger partial charge in [-0.15, -0.1) is 0 Å². The molecule has 0 fully saturated rings. The Hall–Kier alpha value is -1.05. The Morgan fingerprint density at radius 2 is 1.71 bits per heavy atom. The van der Waals surface area contributed by atoms with Crippen LogP contribution in [0.3, 0.4) is 0 Å². The molecule has 0 aliphatic rings. The molecule has 0 aromatic heterocycles. The lowest BCUT2D eigenvalue weighted by molar-refractivity contribution is -0.139. The van der Waals surface area contributed by atoms with E-state index in [1.807, 2.05) is 25.7 Å². The van der Waals surface area contributed by atoms with Gasteiger partial charge in [0.15, 0.2) is 0 Å². The molecule has 0 unspecified atom stereocenters. The number of allylic oxidation sites excluding steroid dienone is 3. The number of hydrogen-bond donors (Lipinski definition) is 0. The largest absolute Gasteiger partial charge is 0.339 e. The van der Waals surface area contributed by atoms with E-state index in [1.54, 1.807) is 0 Å². The minimum Gasteiger partial charge on any atom is -0.339 e. The molecule has 0 aliphatic carbocycles. The molecule has 122 valence electrons. The summed E-state index contributed by atoms with van der Waals surface area (Å²) in [5, 5.41) is 0. The topological polar surface area (TPSA) is 20.3 Å². The highest BCUT2D eigenvalue weighted by molar-refractivity contribution is 5.81. The van der Waals surface area contributed by atoms with Gasteiger partial charge in [-0.1, -0.05) is 57.4 Å². The molecule has 0 saturated carbocycles. The first-order valence-electron chi connectivity index (χ1n) is 8.26. The normalized spacial score (nSPS) is 12.2. The average Bonchev–Trinajstić information content (AvgIpc) is 2.36. The van der Waals surface area contributed by atoms with E-state index in [0.717, 1.165) is 38.8 Å². The standard InChI is InChI=1S/C19H35NO/c1-8-9-14-20(18(21)19(5,6)7)15-13-17(4)12-10-11-16(2)3/h11,13H,8-10,12,14-15H2,1-7H3/b17-13-. The van der Waals surface area contributed by atoms with Crippen LogP contribution in [0.15, 0.2) is 23.3 Å². The number of hydrogen-bond acceptors (Lipinski definition) is 1. The van der Waals surface area contributed by atoms with Crippen molar-refractivity contribution in [1.29, 1.82) is 0 Å². The monoisotopic (exact) mass is 293 g/mol. The van der Waals surface area contributed by atoms with Gasteiger partial charge in [-0.2, -0.15) is 0 Å². The molecule has 0 radical (unpaired) electrons. The summed E-state index contributed by atoms with van der Waals surface area (Å²) in [6, 6.07) is 0. The highest BCUT2D eigenvalue weighted by Gasteiger charge is 2.26. The summed E-state index contributed by atoms with van der Waals surface area (Å²) >= 11 is 0. The Morgan fingerprint density at radius 1 is 1.10 bits per heavy atom. The number of nitrogens with zero attached hydrogens (tertiary/aromatic N) is 1. The van der Waals surface area contributed by atoms with E-state index in [-0.39, 0.29) is 11.3 Å². The smallest absolute Gasteiger partial charge is 0.228 e. The van der Waals surface area contributed by atoms with Crippen molar-refractivity contribution in [3.05, 3.63) is 23.3 Å². The van der Waals surface area contributed by atoms with Gasteiger partial charge in [-0.05, 0) is 40.0 Å². The van der Waals surface area contributed by atoms with Crippen molar-refractivity contribution < 1.29 is 4.79 Å². The zero-order valence-electron chi connectivity index (χ0n) is 15.3. The molecule has 0 rings (SSSR count). The lowest BCUT2D eigenvalue weighted by atomic mass is 9.94. The van der Waals surface area contributed by atoms with Crippen molar-refractivity contribution in [2.24, 2.45) is 5.41 Å². The van der Waals surface area contributed by atoms with E-state index in [2.05, 4.69) is 39.8 Å². The van der Waals surface area contributed by atoms with Crippen LogP contribution in [0.4, 0.5) is 0 Å². The molecular weight excluding hydrogens is 258 g/mol. The minimum absolute atomic E-state index is 0.254. The Labute approximate surface area is 132 Å². The van der Waals surface area contributed by atoms with Gasteiger partial charge in [0.1, 0.15) is 0 Å². The molecule has 0 heterocycles. The third kappa shape index (κ3) is 9.49. The first kappa shape index (κ1) is 19.9. The van der Waals surface area contributed by atoms with Crippen LogP contribution in [0.25, 0.3) is 0 Å². The Morgan fingerprint density at radius 3 is 2.19 bits per heavy atom. The zero-order valence-corrected chi connectivity index (χ0v) is 15.3. The van der Waals surface area contributed by atoms with Crippen LogP contribution < -0.4 is 0 Å². The van der Waals surface area contributed by atoms with Crippen LogP contribution in [-0.2, 0) is 4.79 Å². The summed E-state index contributed by atoms with van der Waals surface area (Å²) in [6.07, 6.45) is 8.86. The molecule has 0 atom stereocenters. The van der Waals surface area contributed by atoms with Crippen molar-refractivity contribution in [1.82, 2.24) is 4.90 Å². The van der Waals surface area contributed by atoms with Crippen LogP contribution in [-0.4, -0.2) is 23.9 Å². The molecule has 2 heteroatoms. The molecule has 0 saturated heterocycles. The molecule has 0 aromatic rings. The third-order valence-electron chi connectivity index (χ3n) is 3.46. The first-order chi connectivity index (χ1) is 9.68. The van der Waals surface area contributed by atoms with Gasteiger partial charge < -0.3 is 4.90 Å². The summed E-state index contributed by atoms with van der Waals surface area (Å²) in [7, 11) is 0. The molecule has 0 bridgehead atoms. The molecule has 0 aromatic carbocycles. The second-order valence-electron chi connectivity index (χ2n) is 7.23. The molecule has 2 nitrogen and oxygen atoms in total. The highest BCUT2D eigenvalue weighted by Crippen LogP contribution is 2.18. The maximum absolute atomic E-state index is 12.5. The van der Waals surface area contributed by atoms with E-state index in [9.17, 15) is 4.79 Å². The van der Waals surface area contributed by atoms with Crippen molar-refractivity contribution in [2.75, 3.05) is 13.1 Å². The summed E-state index contributed by atoms with van der Waals surface area (Å²) in [4.78, 5) is 14.5. The number of carbonyl (C=O) groups excluding carboxylic acids is 1. The summed E-state index contributed by atoms with van der Waals surface area (Å²) in [6.45, 7) is 16.2. The van der Waals surface area contributed by atoms with Crippen molar-refractivity contribution in [3.8, 4) is 0 Å². The van der Waals surface area contributed by atoms with Crippen molar-refractivity contribution >= 4 is 5.91 Å². The number of amides is 1. The van der Waals surface area contributed by atoms with Crippen LogP contribution >= 0.6 is 0 Å². The SMILES string of the molecule is CCCCN(C/C=C(/C)CCC=C(C)C)C(=O)C(C)(C)C. The third-order valence-corrected chi connectivity index (χ3v) is 3.46. The van der Waals surface area contributed by atoms with Crippen LogP contribution in [0.5, 0.6) is 0 Å². The summed E-state index contributed by atoms with van der Waals surface area (Å²) in [5.41, 5.74) is 2.45. The van der Waals surface area contributed by atoms with Gasteiger partial charge >= 0.3 is 0 Å². The lowest BCUT2D eigenvalue weighted by Crippen LogP contribution is -2.40. The second-order valence-corrected chi connectivity index (χ2v) is 7.23. The molecular formula is C19H35NO. The second kappa shape index (κ2) is 9.81. The number of carbonyl (C=O) groups is 1.